The van der Waals surface area contributed by atoms with Crippen molar-refractivity contribution in [3.05, 3.63) is 130 Å². The zero-order valence-electron chi connectivity index (χ0n) is 24.7. The number of carbonyl (C=O) groups excluding carboxylic acids is 1. The number of hydrogen-bond acceptors (Lipinski definition) is 11. The van der Waals surface area contributed by atoms with Crippen LogP contribution in [-0.4, -0.2) is 35.7 Å². The average molecular weight is 665 g/mol. The number of carbonyl (C=O) groups is 1. The molecule has 2 aromatic heterocycles. The third-order valence-electron chi connectivity index (χ3n) is 7.36. The number of halogens is 2. The van der Waals surface area contributed by atoms with Crippen LogP contribution in [-0.2, 0) is 5.41 Å². The Balaban J connectivity index is 1.24. The third kappa shape index (κ3) is 6.67. The molecule has 7 aliphatic heterocycles. The molecule has 11 nitrogen and oxygen atoms in total. The molecule has 232 valence electrons. The van der Waals surface area contributed by atoms with Gasteiger partial charge in [0.1, 0.15) is 23.0 Å². The third-order valence-corrected chi connectivity index (χ3v) is 7.69. The molecule has 0 N–H and O–H groups in total. The van der Waals surface area contributed by atoms with Crippen LogP contribution in [0.3, 0.4) is 0 Å². The van der Waals surface area contributed by atoms with Gasteiger partial charge < -0.3 is 18.9 Å². The van der Waals surface area contributed by atoms with Crippen molar-refractivity contribution in [1.29, 1.82) is 0 Å². The van der Waals surface area contributed by atoms with E-state index in [1.807, 2.05) is 48.5 Å². The molecule has 4 aromatic carbocycles. The van der Waals surface area contributed by atoms with Crippen LogP contribution in [0, 0.1) is 0 Å². The predicted octanol–water partition coefficient (Wildman–Crippen LogP) is 8.40. The minimum Gasteiger partial charge on any atom is -0.424 e. The van der Waals surface area contributed by atoms with Crippen LogP contribution in [0.25, 0.3) is 0 Å². The van der Waals surface area contributed by atoms with Crippen molar-refractivity contribution in [3.63, 3.8) is 0 Å². The molecule has 0 amide bonds. The summed E-state index contributed by atoms with van der Waals surface area (Å²) in [6, 6.07) is 27.9. The summed E-state index contributed by atoms with van der Waals surface area (Å²) in [6.45, 7) is 4.22. The lowest BCUT2D eigenvalue weighted by molar-refractivity contribution is 0.103. The number of nitrogens with zero attached hydrogens (tertiary/aromatic N) is 6. The fourth-order valence-electron chi connectivity index (χ4n) is 4.79. The van der Waals surface area contributed by atoms with Crippen molar-refractivity contribution in [1.82, 2.24) is 29.9 Å². The second kappa shape index (κ2) is 12.3. The second-order valence-corrected chi connectivity index (χ2v) is 11.5. The summed E-state index contributed by atoms with van der Waals surface area (Å²) >= 11 is 12.3. The van der Waals surface area contributed by atoms with E-state index in [1.54, 1.807) is 48.5 Å². The van der Waals surface area contributed by atoms with E-state index >= 15 is 0 Å². The van der Waals surface area contributed by atoms with Gasteiger partial charge in [0, 0.05) is 16.5 Å². The maximum Gasteiger partial charge on any atom is 0.329 e. The first kappa shape index (κ1) is 30.0. The Morgan fingerprint density at radius 3 is 1.02 bits per heavy atom. The number of ketones is 1. The fourth-order valence-corrected chi connectivity index (χ4v) is 5.08. The molecule has 0 atom stereocenters. The SMILES string of the molecule is CC1(C)c2ccc(cc2)Oc2nc(Cl)nc(n2)Oc2ccc(cc2)C(=O)c2ccc(cc2)Oc2nc(Cl)nc(n2)Oc2ccc1cc2. The van der Waals surface area contributed by atoms with Gasteiger partial charge in [0.05, 0.1) is 0 Å². The van der Waals surface area contributed by atoms with E-state index in [-0.39, 0.29) is 45.8 Å². The molecule has 12 bridgehead atoms. The molecule has 0 aliphatic carbocycles. The van der Waals surface area contributed by atoms with Gasteiger partial charge in [-0.2, -0.15) is 19.9 Å². The number of ether oxygens (including phenoxy) is 4. The molecule has 0 fully saturated rings. The summed E-state index contributed by atoms with van der Waals surface area (Å²) < 4.78 is 23.4. The lowest BCUT2D eigenvalue weighted by Gasteiger charge is -2.26. The molecule has 0 saturated carbocycles. The highest BCUT2D eigenvalue weighted by Crippen LogP contribution is 2.35. The zero-order valence-corrected chi connectivity index (χ0v) is 26.2. The van der Waals surface area contributed by atoms with Gasteiger partial charge in [-0.1, -0.05) is 38.1 Å². The fraction of sp³-hybridized carbons (Fsp3) is 0.0882. The highest BCUT2D eigenvalue weighted by Gasteiger charge is 2.24. The standard InChI is InChI=1S/C34H22Cl2N6O5/c1-34(2)21-7-15-25(16-8-21)46-32-39-28(35)37-30(41-32)44-23-11-3-19(4-12-23)27(43)20-5-13-24(14-6-20)45-31-38-29(36)40-33(42-31)47-26-17-9-22(34)10-18-26/h3-18H,1-2H3. The second-order valence-electron chi connectivity index (χ2n) is 10.8. The normalized spacial score (nSPS) is 13.6. The van der Waals surface area contributed by atoms with Gasteiger partial charge in [-0.25, -0.2) is 0 Å². The Morgan fingerprint density at radius 1 is 0.447 bits per heavy atom. The Morgan fingerprint density at radius 2 is 0.723 bits per heavy atom. The summed E-state index contributed by atoms with van der Waals surface area (Å²) in [5.41, 5.74) is 2.56. The van der Waals surface area contributed by atoms with Crippen LogP contribution in [0.2, 0.25) is 10.6 Å². The van der Waals surface area contributed by atoms with Gasteiger partial charge in [0.2, 0.25) is 10.6 Å². The topological polar surface area (TPSA) is 131 Å². The predicted molar refractivity (Wildman–Crippen MR) is 171 cm³/mol. The van der Waals surface area contributed by atoms with Crippen LogP contribution >= 0.6 is 23.2 Å². The molecule has 0 radical (unpaired) electrons. The molecule has 6 aromatic rings. The maximum absolute atomic E-state index is 13.2. The highest BCUT2D eigenvalue weighted by atomic mass is 35.5. The molecule has 13 rings (SSSR count). The molecule has 0 spiro atoms. The molecule has 7 aliphatic rings. The Kier molecular flexibility index (Phi) is 7.84. The molecule has 0 unspecified atom stereocenters. The van der Waals surface area contributed by atoms with E-state index < -0.39 is 0 Å². The van der Waals surface area contributed by atoms with E-state index in [2.05, 4.69) is 43.8 Å². The molecule has 13 heteroatoms. The first-order valence-electron chi connectivity index (χ1n) is 14.2. The van der Waals surface area contributed by atoms with Crippen molar-refractivity contribution in [3.8, 4) is 47.0 Å². The van der Waals surface area contributed by atoms with Crippen LogP contribution in [0.15, 0.2) is 97.1 Å². The van der Waals surface area contributed by atoms with Crippen LogP contribution in [0.1, 0.15) is 40.9 Å². The Hall–Kier alpha value is -5.65. The van der Waals surface area contributed by atoms with E-state index in [0.29, 0.717) is 34.1 Å². The quantitative estimate of drug-likeness (QED) is 0.155. The average Bonchev–Trinajstić information content (AvgIpc) is 3.05. The van der Waals surface area contributed by atoms with Crippen LogP contribution < -0.4 is 18.9 Å². The molecular weight excluding hydrogens is 643 g/mol. The number of hydrogen-bond donors (Lipinski definition) is 0. The van der Waals surface area contributed by atoms with Gasteiger partial charge >= 0.3 is 24.0 Å². The van der Waals surface area contributed by atoms with Crippen molar-refractivity contribution in [2.24, 2.45) is 0 Å². The summed E-state index contributed by atoms with van der Waals surface area (Å²) in [5, 5.41) is -0.210. The molecule has 47 heavy (non-hydrogen) atoms. The minimum absolute atomic E-state index is 0.0402. The van der Waals surface area contributed by atoms with Crippen molar-refractivity contribution in [2.45, 2.75) is 19.3 Å². The van der Waals surface area contributed by atoms with Crippen molar-refractivity contribution in [2.75, 3.05) is 0 Å². The van der Waals surface area contributed by atoms with Crippen LogP contribution in [0.5, 0.6) is 47.0 Å². The number of benzene rings is 4. The lowest BCUT2D eigenvalue weighted by Crippen LogP contribution is -2.18. The molecular formula is C34H22Cl2N6O5. The molecule has 0 saturated heterocycles. The Labute approximate surface area is 278 Å². The van der Waals surface area contributed by atoms with E-state index in [9.17, 15) is 4.79 Å². The zero-order chi connectivity index (χ0) is 32.5. The first-order valence-corrected chi connectivity index (χ1v) is 14.9. The highest BCUT2D eigenvalue weighted by molar-refractivity contribution is 6.28. The van der Waals surface area contributed by atoms with E-state index in [0.717, 1.165) is 11.1 Å². The van der Waals surface area contributed by atoms with E-state index in [1.165, 1.54) is 0 Å². The summed E-state index contributed by atoms with van der Waals surface area (Å²) in [7, 11) is 0. The lowest BCUT2D eigenvalue weighted by atomic mass is 9.78. The monoisotopic (exact) mass is 664 g/mol. The van der Waals surface area contributed by atoms with Crippen molar-refractivity contribution >= 4 is 29.0 Å². The summed E-state index contributed by atoms with van der Waals surface area (Å²) in [6.07, 6.45) is 0. The van der Waals surface area contributed by atoms with Gasteiger partial charge in [0.25, 0.3) is 0 Å². The largest absolute Gasteiger partial charge is 0.424 e. The van der Waals surface area contributed by atoms with Gasteiger partial charge in [-0.3, -0.25) is 4.79 Å². The minimum atomic E-state index is -0.371. The van der Waals surface area contributed by atoms with Crippen molar-refractivity contribution < 1.29 is 23.7 Å². The maximum atomic E-state index is 13.2. The molecule has 9 heterocycles. The number of rotatable bonds is 0. The van der Waals surface area contributed by atoms with Gasteiger partial charge in [-0.15, -0.1) is 9.97 Å². The summed E-state index contributed by atoms with van der Waals surface area (Å²) in [4.78, 5) is 37.9. The first-order chi connectivity index (χ1) is 22.7. The summed E-state index contributed by atoms with van der Waals surface area (Å²) in [5.74, 6) is 1.53. The number of aromatic nitrogens is 6. The Bertz CT molecular complexity index is 1950. The van der Waals surface area contributed by atoms with E-state index in [4.69, 9.17) is 42.1 Å². The van der Waals surface area contributed by atoms with Gasteiger partial charge in [-0.05, 0) is 107 Å². The van der Waals surface area contributed by atoms with Gasteiger partial charge in [0.15, 0.2) is 5.78 Å². The van der Waals surface area contributed by atoms with Crippen LogP contribution in [0.4, 0.5) is 0 Å². The smallest absolute Gasteiger partial charge is 0.329 e.